The highest BCUT2D eigenvalue weighted by atomic mass is 16.3. The van der Waals surface area contributed by atoms with Gasteiger partial charge in [0.2, 0.25) is 5.91 Å². The van der Waals surface area contributed by atoms with E-state index in [1.54, 1.807) is 0 Å². The van der Waals surface area contributed by atoms with E-state index in [9.17, 15) is 4.79 Å². The fourth-order valence-electron chi connectivity index (χ4n) is 0.970. The number of hydrogen-bond acceptors (Lipinski definition) is 3. The van der Waals surface area contributed by atoms with Crippen molar-refractivity contribution in [2.75, 3.05) is 13.2 Å². The summed E-state index contributed by atoms with van der Waals surface area (Å²) in [6, 6.07) is -0.439. The summed E-state index contributed by atoms with van der Waals surface area (Å²) < 4.78 is 0. The molecule has 0 aromatic rings. The third kappa shape index (κ3) is 4.58. The third-order valence-electron chi connectivity index (χ3n) is 2.50. The maximum atomic E-state index is 11.4. The van der Waals surface area contributed by atoms with Crippen LogP contribution in [0.1, 0.15) is 27.2 Å². The summed E-state index contributed by atoms with van der Waals surface area (Å²) in [6.07, 6.45) is 0.893. The van der Waals surface area contributed by atoms with Crippen molar-refractivity contribution in [3.8, 4) is 0 Å². The zero-order valence-corrected chi connectivity index (χ0v) is 9.29. The second-order valence-corrected chi connectivity index (χ2v) is 3.94. The first-order chi connectivity index (χ1) is 6.52. The number of rotatable bonds is 6. The SMILES string of the molecule is CCC(C)[C@H](N)C(=O)NCC(C)CO. The van der Waals surface area contributed by atoms with Crippen LogP contribution in [0.2, 0.25) is 0 Å². The average Bonchev–Trinajstić information content (AvgIpc) is 2.22. The predicted molar refractivity (Wildman–Crippen MR) is 56.7 cm³/mol. The lowest BCUT2D eigenvalue weighted by Gasteiger charge is -2.18. The van der Waals surface area contributed by atoms with Gasteiger partial charge in [-0.1, -0.05) is 27.2 Å². The van der Waals surface area contributed by atoms with Crippen LogP contribution in [-0.4, -0.2) is 30.2 Å². The molecule has 0 rings (SSSR count). The van der Waals surface area contributed by atoms with Gasteiger partial charge in [0.25, 0.3) is 0 Å². The second kappa shape index (κ2) is 6.79. The lowest BCUT2D eigenvalue weighted by Crippen LogP contribution is -2.45. The average molecular weight is 202 g/mol. The molecule has 0 spiro atoms. The number of nitrogens with one attached hydrogen (secondary N) is 1. The molecule has 4 nitrogen and oxygen atoms in total. The minimum Gasteiger partial charge on any atom is -0.396 e. The zero-order valence-electron chi connectivity index (χ0n) is 9.29. The van der Waals surface area contributed by atoms with Gasteiger partial charge in [-0.05, 0) is 11.8 Å². The highest BCUT2D eigenvalue weighted by molar-refractivity contribution is 5.81. The van der Waals surface area contributed by atoms with Crippen LogP contribution >= 0.6 is 0 Å². The molecule has 4 N–H and O–H groups in total. The number of hydrogen-bond donors (Lipinski definition) is 3. The first kappa shape index (κ1) is 13.4. The summed E-state index contributed by atoms with van der Waals surface area (Å²) in [5.74, 6) is 0.155. The van der Waals surface area contributed by atoms with Crippen molar-refractivity contribution in [2.45, 2.75) is 33.2 Å². The molecule has 0 aromatic heterocycles. The molecule has 0 aliphatic carbocycles. The van der Waals surface area contributed by atoms with Crippen LogP contribution in [0, 0.1) is 11.8 Å². The Morgan fingerprint density at radius 3 is 2.50 bits per heavy atom. The molecule has 0 fully saturated rings. The van der Waals surface area contributed by atoms with E-state index >= 15 is 0 Å². The molecular formula is C10H22N2O2. The van der Waals surface area contributed by atoms with E-state index in [1.165, 1.54) is 0 Å². The van der Waals surface area contributed by atoms with E-state index in [-0.39, 0.29) is 24.3 Å². The molecule has 0 saturated heterocycles. The Labute approximate surface area is 85.9 Å². The quantitative estimate of drug-likeness (QED) is 0.572. The van der Waals surface area contributed by atoms with Gasteiger partial charge >= 0.3 is 0 Å². The van der Waals surface area contributed by atoms with E-state index in [1.807, 2.05) is 20.8 Å². The van der Waals surface area contributed by atoms with Crippen molar-refractivity contribution in [1.82, 2.24) is 5.32 Å². The van der Waals surface area contributed by atoms with Crippen LogP contribution in [0.4, 0.5) is 0 Å². The van der Waals surface area contributed by atoms with Crippen LogP contribution < -0.4 is 11.1 Å². The number of aliphatic hydroxyl groups is 1. The minimum atomic E-state index is -0.439. The number of nitrogens with two attached hydrogens (primary N) is 1. The van der Waals surface area contributed by atoms with Crippen molar-refractivity contribution in [3.63, 3.8) is 0 Å². The predicted octanol–water partition coefficient (Wildman–Crippen LogP) is 0.104. The first-order valence-electron chi connectivity index (χ1n) is 5.17. The molecule has 0 aromatic carbocycles. The van der Waals surface area contributed by atoms with Gasteiger partial charge in [0.05, 0.1) is 6.04 Å². The highest BCUT2D eigenvalue weighted by Crippen LogP contribution is 2.05. The molecular weight excluding hydrogens is 180 g/mol. The fourth-order valence-corrected chi connectivity index (χ4v) is 0.970. The Morgan fingerprint density at radius 2 is 2.07 bits per heavy atom. The summed E-state index contributed by atoms with van der Waals surface area (Å²) >= 11 is 0. The number of carbonyl (C=O) groups is 1. The van der Waals surface area contributed by atoms with Crippen molar-refractivity contribution < 1.29 is 9.90 Å². The maximum absolute atomic E-state index is 11.4. The molecule has 1 amide bonds. The molecule has 4 heteroatoms. The molecule has 0 aliphatic rings. The van der Waals surface area contributed by atoms with Gasteiger partial charge in [-0.15, -0.1) is 0 Å². The van der Waals surface area contributed by atoms with Crippen LogP contribution in [0.25, 0.3) is 0 Å². The van der Waals surface area contributed by atoms with Crippen LogP contribution in [-0.2, 0) is 4.79 Å². The molecule has 14 heavy (non-hydrogen) atoms. The normalized spacial score (nSPS) is 17.2. The van der Waals surface area contributed by atoms with Crippen LogP contribution in [0.15, 0.2) is 0 Å². The van der Waals surface area contributed by atoms with E-state index in [0.29, 0.717) is 6.54 Å². The lowest BCUT2D eigenvalue weighted by atomic mass is 9.99. The standard InChI is InChI=1S/C10H22N2O2/c1-4-8(3)9(11)10(14)12-5-7(2)6-13/h7-9,13H,4-6,11H2,1-3H3,(H,12,14)/t7?,8?,9-/m0/s1. The van der Waals surface area contributed by atoms with Crippen molar-refractivity contribution in [1.29, 1.82) is 0 Å². The Bertz CT molecular complexity index is 174. The topological polar surface area (TPSA) is 75.4 Å². The Balaban J connectivity index is 3.84. The van der Waals surface area contributed by atoms with Crippen molar-refractivity contribution in [3.05, 3.63) is 0 Å². The summed E-state index contributed by atoms with van der Waals surface area (Å²) in [4.78, 5) is 11.4. The smallest absolute Gasteiger partial charge is 0.237 e. The van der Waals surface area contributed by atoms with Crippen molar-refractivity contribution in [2.24, 2.45) is 17.6 Å². The fraction of sp³-hybridized carbons (Fsp3) is 0.900. The summed E-state index contributed by atoms with van der Waals surface area (Å²) in [5, 5.41) is 11.5. The Hall–Kier alpha value is -0.610. The van der Waals surface area contributed by atoms with Crippen LogP contribution in [0.3, 0.4) is 0 Å². The number of aliphatic hydroxyl groups excluding tert-OH is 1. The molecule has 0 radical (unpaired) electrons. The molecule has 3 atom stereocenters. The number of carbonyl (C=O) groups excluding carboxylic acids is 1. The van der Waals surface area contributed by atoms with E-state index in [2.05, 4.69) is 5.32 Å². The monoisotopic (exact) mass is 202 g/mol. The van der Waals surface area contributed by atoms with Crippen LogP contribution in [0.5, 0.6) is 0 Å². The van der Waals surface area contributed by atoms with E-state index in [4.69, 9.17) is 10.8 Å². The summed E-state index contributed by atoms with van der Waals surface area (Å²) in [5.41, 5.74) is 5.72. The summed E-state index contributed by atoms with van der Waals surface area (Å²) in [7, 11) is 0. The second-order valence-electron chi connectivity index (χ2n) is 3.94. The highest BCUT2D eigenvalue weighted by Gasteiger charge is 2.19. The van der Waals surface area contributed by atoms with Gasteiger partial charge < -0.3 is 16.2 Å². The van der Waals surface area contributed by atoms with Gasteiger partial charge in [-0.25, -0.2) is 0 Å². The zero-order chi connectivity index (χ0) is 11.1. The van der Waals surface area contributed by atoms with Gasteiger partial charge in [-0.2, -0.15) is 0 Å². The first-order valence-corrected chi connectivity index (χ1v) is 5.17. The van der Waals surface area contributed by atoms with Gasteiger partial charge in [0.1, 0.15) is 0 Å². The molecule has 0 heterocycles. The van der Waals surface area contributed by atoms with E-state index < -0.39 is 6.04 Å². The van der Waals surface area contributed by atoms with Gasteiger partial charge in [0, 0.05) is 13.2 Å². The minimum absolute atomic E-state index is 0.0822. The van der Waals surface area contributed by atoms with Crippen molar-refractivity contribution >= 4 is 5.91 Å². The largest absolute Gasteiger partial charge is 0.396 e. The lowest BCUT2D eigenvalue weighted by molar-refractivity contribution is -0.123. The molecule has 0 aliphatic heterocycles. The molecule has 0 bridgehead atoms. The van der Waals surface area contributed by atoms with Gasteiger partial charge in [0.15, 0.2) is 0 Å². The Kier molecular flexibility index (Phi) is 6.49. The number of amides is 1. The summed E-state index contributed by atoms with van der Waals surface area (Å²) in [6.45, 7) is 6.40. The Morgan fingerprint density at radius 1 is 1.50 bits per heavy atom. The van der Waals surface area contributed by atoms with E-state index in [0.717, 1.165) is 6.42 Å². The molecule has 84 valence electrons. The molecule has 2 unspecified atom stereocenters. The third-order valence-corrected chi connectivity index (χ3v) is 2.50. The molecule has 0 saturated carbocycles. The van der Waals surface area contributed by atoms with Gasteiger partial charge in [-0.3, -0.25) is 4.79 Å². The maximum Gasteiger partial charge on any atom is 0.237 e.